The molecule has 0 saturated carbocycles. The molecule has 1 unspecified atom stereocenters. The van der Waals surface area contributed by atoms with Gasteiger partial charge in [-0.15, -0.1) is 0 Å². The Balaban J connectivity index is 1.80. The van der Waals surface area contributed by atoms with E-state index in [9.17, 15) is 4.39 Å². The van der Waals surface area contributed by atoms with Crippen molar-refractivity contribution in [2.24, 2.45) is 4.99 Å². The van der Waals surface area contributed by atoms with E-state index in [4.69, 9.17) is 9.47 Å². The summed E-state index contributed by atoms with van der Waals surface area (Å²) in [5.74, 6) is 1.34. The van der Waals surface area contributed by atoms with E-state index in [1.165, 1.54) is 6.07 Å². The highest BCUT2D eigenvalue weighted by Crippen LogP contribution is 2.16. The molecule has 0 radical (unpaired) electrons. The molecule has 0 aliphatic heterocycles. The van der Waals surface area contributed by atoms with Gasteiger partial charge in [-0.2, -0.15) is 0 Å². The van der Waals surface area contributed by atoms with Crippen LogP contribution in [0.4, 0.5) is 4.39 Å². The van der Waals surface area contributed by atoms with Crippen LogP contribution in [0.25, 0.3) is 0 Å². The SMILES string of the molecule is CN=C(NCc1cccc(OC)c1)NCC(C)Oc1ccccc1F. The molecule has 0 heterocycles. The second-order valence-electron chi connectivity index (χ2n) is 5.52. The van der Waals surface area contributed by atoms with Crippen molar-refractivity contribution in [2.75, 3.05) is 20.7 Å². The number of halogens is 1. The molecule has 134 valence electrons. The Labute approximate surface area is 147 Å². The Morgan fingerprint density at radius 1 is 1.16 bits per heavy atom. The minimum atomic E-state index is -0.366. The van der Waals surface area contributed by atoms with Gasteiger partial charge in [-0.1, -0.05) is 24.3 Å². The molecule has 2 aromatic rings. The van der Waals surface area contributed by atoms with Crippen molar-refractivity contribution in [1.29, 1.82) is 0 Å². The van der Waals surface area contributed by atoms with Gasteiger partial charge in [0, 0.05) is 13.6 Å². The monoisotopic (exact) mass is 345 g/mol. The molecular formula is C19H24FN3O2. The quantitative estimate of drug-likeness (QED) is 0.598. The second kappa shape index (κ2) is 9.52. The molecular weight excluding hydrogens is 321 g/mol. The van der Waals surface area contributed by atoms with Crippen LogP contribution in [0, 0.1) is 5.82 Å². The lowest BCUT2D eigenvalue weighted by molar-refractivity contribution is 0.214. The van der Waals surface area contributed by atoms with Crippen LogP contribution in [0.15, 0.2) is 53.5 Å². The number of nitrogens with one attached hydrogen (secondary N) is 2. The van der Waals surface area contributed by atoms with Crippen LogP contribution >= 0.6 is 0 Å². The van der Waals surface area contributed by atoms with Crippen LogP contribution in [0.1, 0.15) is 12.5 Å². The van der Waals surface area contributed by atoms with Crippen molar-refractivity contribution in [3.05, 3.63) is 59.9 Å². The van der Waals surface area contributed by atoms with Gasteiger partial charge in [0.05, 0.1) is 13.7 Å². The van der Waals surface area contributed by atoms with Crippen LogP contribution in [0.3, 0.4) is 0 Å². The maximum Gasteiger partial charge on any atom is 0.191 e. The van der Waals surface area contributed by atoms with Crippen LogP contribution in [-0.4, -0.2) is 32.8 Å². The zero-order chi connectivity index (χ0) is 18.1. The summed E-state index contributed by atoms with van der Waals surface area (Å²) in [6.07, 6.45) is -0.215. The van der Waals surface area contributed by atoms with E-state index in [0.717, 1.165) is 11.3 Å². The molecule has 0 aliphatic rings. The zero-order valence-electron chi connectivity index (χ0n) is 14.8. The number of guanidine groups is 1. The Morgan fingerprint density at radius 2 is 1.96 bits per heavy atom. The van der Waals surface area contributed by atoms with Gasteiger partial charge in [0.15, 0.2) is 17.5 Å². The molecule has 0 aliphatic carbocycles. The molecule has 0 saturated heterocycles. The van der Waals surface area contributed by atoms with E-state index in [1.54, 1.807) is 32.4 Å². The third-order valence-electron chi connectivity index (χ3n) is 3.54. The number of benzene rings is 2. The van der Waals surface area contributed by atoms with Gasteiger partial charge in [0.1, 0.15) is 11.9 Å². The van der Waals surface area contributed by atoms with Crippen molar-refractivity contribution in [3.63, 3.8) is 0 Å². The lowest BCUT2D eigenvalue weighted by Gasteiger charge is -2.18. The molecule has 0 bridgehead atoms. The summed E-state index contributed by atoms with van der Waals surface area (Å²) in [5.41, 5.74) is 1.08. The van der Waals surface area contributed by atoms with Gasteiger partial charge < -0.3 is 20.1 Å². The van der Waals surface area contributed by atoms with E-state index in [0.29, 0.717) is 19.0 Å². The molecule has 1 atom stereocenters. The van der Waals surface area contributed by atoms with Crippen molar-refractivity contribution >= 4 is 5.96 Å². The van der Waals surface area contributed by atoms with Crippen LogP contribution in [-0.2, 0) is 6.54 Å². The summed E-state index contributed by atoms with van der Waals surface area (Å²) in [5, 5.41) is 6.39. The molecule has 5 nitrogen and oxygen atoms in total. The number of methoxy groups -OCH3 is 1. The molecule has 0 aromatic heterocycles. The lowest BCUT2D eigenvalue weighted by atomic mass is 10.2. The number of rotatable bonds is 7. The summed E-state index contributed by atoms with van der Waals surface area (Å²) in [4.78, 5) is 4.18. The summed E-state index contributed by atoms with van der Waals surface area (Å²) in [6.45, 7) is 2.97. The highest BCUT2D eigenvalue weighted by Gasteiger charge is 2.09. The van der Waals surface area contributed by atoms with E-state index < -0.39 is 0 Å². The number of nitrogens with zero attached hydrogens (tertiary/aromatic N) is 1. The summed E-state index contributed by atoms with van der Waals surface area (Å²) < 4.78 is 24.4. The number of para-hydroxylation sites is 1. The molecule has 0 fully saturated rings. The maximum atomic E-state index is 13.6. The number of hydrogen-bond acceptors (Lipinski definition) is 3. The van der Waals surface area contributed by atoms with Crippen LogP contribution in [0.2, 0.25) is 0 Å². The normalized spacial score (nSPS) is 12.4. The Kier molecular flexibility index (Phi) is 7.07. The zero-order valence-corrected chi connectivity index (χ0v) is 14.8. The van der Waals surface area contributed by atoms with Crippen LogP contribution < -0.4 is 20.1 Å². The Hall–Kier alpha value is -2.76. The summed E-state index contributed by atoms with van der Waals surface area (Å²) in [7, 11) is 3.34. The first kappa shape index (κ1) is 18.6. The summed E-state index contributed by atoms with van der Waals surface area (Å²) in [6, 6.07) is 14.2. The Bertz CT molecular complexity index is 707. The molecule has 25 heavy (non-hydrogen) atoms. The molecule has 0 spiro atoms. The predicted molar refractivity (Wildman–Crippen MR) is 97.7 cm³/mol. The van der Waals surface area contributed by atoms with Gasteiger partial charge in [0.25, 0.3) is 0 Å². The van der Waals surface area contributed by atoms with Gasteiger partial charge >= 0.3 is 0 Å². The fourth-order valence-corrected chi connectivity index (χ4v) is 2.23. The van der Waals surface area contributed by atoms with E-state index in [-0.39, 0.29) is 17.7 Å². The highest BCUT2D eigenvalue weighted by atomic mass is 19.1. The molecule has 2 aromatic carbocycles. The van der Waals surface area contributed by atoms with Crippen molar-refractivity contribution < 1.29 is 13.9 Å². The largest absolute Gasteiger partial charge is 0.497 e. The molecule has 0 amide bonds. The van der Waals surface area contributed by atoms with Crippen molar-refractivity contribution in [1.82, 2.24) is 10.6 Å². The minimum Gasteiger partial charge on any atom is -0.497 e. The number of aliphatic imine (C=N–C) groups is 1. The van der Waals surface area contributed by atoms with Crippen molar-refractivity contribution in [2.45, 2.75) is 19.6 Å². The fraction of sp³-hybridized carbons (Fsp3) is 0.316. The lowest BCUT2D eigenvalue weighted by Crippen LogP contribution is -2.41. The highest BCUT2D eigenvalue weighted by molar-refractivity contribution is 5.79. The minimum absolute atomic E-state index is 0.215. The molecule has 2 N–H and O–H groups in total. The second-order valence-corrected chi connectivity index (χ2v) is 5.52. The van der Waals surface area contributed by atoms with E-state index >= 15 is 0 Å². The van der Waals surface area contributed by atoms with Gasteiger partial charge in [-0.3, -0.25) is 4.99 Å². The third kappa shape index (κ3) is 5.99. The van der Waals surface area contributed by atoms with Crippen molar-refractivity contribution in [3.8, 4) is 11.5 Å². The fourth-order valence-electron chi connectivity index (χ4n) is 2.23. The molecule has 2 rings (SSSR count). The van der Waals surface area contributed by atoms with E-state index in [2.05, 4.69) is 15.6 Å². The van der Waals surface area contributed by atoms with Gasteiger partial charge in [-0.25, -0.2) is 4.39 Å². The smallest absolute Gasteiger partial charge is 0.191 e. The topological polar surface area (TPSA) is 54.9 Å². The number of hydrogen-bond donors (Lipinski definition) is 2. The first-order valence-corrected chi connectivity index (χ1v) is 8.11. The number of ether oxygens (including phenoxy) is 2. The first-order chi connectivity index (χ1) is 12.1. The Morgan fingerprint density at radius 3 is 2.68 bits per heavy atom. The predicted octanol–water partition coefficient (Wildman–Crippen LogP) is 2.97. The summed E-state index contributed by atoms with van der Waals surface area (Å²) >= 11 is 0. The van der Waals surface area contributed by atoms with Gasteiger partial charge in [0.2, 0.25) is 0 Å². The molecule has 6 heteroatoms. The average molecular weight is 345 g/mol. The first-order valence-electron chi connectivity index (χ1n) is 8.11. The average Bonchev–Trinajstić information content (AvgIpc) is 2.64. The van der Waals surface area contributed by atoms with Crippen LogP contribution in [0.5, 0.6) is 11.5 Å². The maximum absolute atomic E-state index is 13.6. The van der Waals surface area contributed by atoms with E-state index in [1.807, 2.05) is 31.2 Å². The van der Waals surface area contributed by atoms with Gasteiger partial charge in [-0.05, 0) is 36.8 Å². The third-order valence-corrected chi connectivity index (χ3v) is 3.54. The standard InChI is InChI=1S/C19H24FN3O2/c1-14(25-18-10-5-4-9-17(18)20)12-22-19(21-2)23-13-15-7-6-8-16(11-15)24-3/h4-11,14H,12-13H2,1-3H3,(H2,21,22,23).